The number of methoxy groups -OCH3 is 1. The summed E-state index contributed by atoms with van der Waals surface area (Å²) in [7, 11) is 1.67. The van der Waals surface area contributed by atoms with Crippen molar-refractivity contribution in [2.45, 2.75) is 20.0 Å². The molecule has 3 nitrogen and oxygen atoms in total. The average molecular weight is 209 g/mol. The van der Waals surface area contributed by atoms with Crippen LogP contribution in [0.4, 0.5) is 5.69 Å². The fourth-order valence-electron chi connectivity index (χ4n) is 1.27. The maximum absolute atomic E-state index is 5.43. The summed E-state index contributed by atoms with van der Waals surface area (Å²) in [6.45, 7) is 5.56. The van der Waals surface area contributed by atoms with Crippen molar-refractivity contribution in [3.8, 4) is 5.75 Å². The maximum Gasteiger partial charge on any atom is 0.141 e. The minimum Gasteiger partial charge on any atom is -0.495 e. The van der Waals surface area contributed by atoms with Gasteiger partial charge < -0.3 is 14.8 Å². The third kappa shape index (κ3) is 4.21. The largest absolute Gasteiger partial charge is 0.495 e. The Balaban J connectivity index is 2.36. The highest BCUT2D eigenvalue weighted by Crippen LogP contribution is 2.22. The number of benzene rings is 1. The van der Waals surface area contributed by atoms with E-state index in [0.29, 0.717) is 6.61 Å². The van der Waals surface area contributed by atoms with E-state index in [1.807, 2.05) is 38.1 Å². The van der Waals surface area contributed by atoms with Gasteiger partial charge in [-0.1, -0.05) is 12.1 Å². The smallest absolute Gasteiger partial charge is 0.141 e. The van der Waals surface area contributed by atoms with Gasteiger partial charge in [0.05, 0.1) is 25.5 Å². The second-order valence-corrected chi connectivity index (χ2v) is 3.55. The van der Waals surface area contributed by atoms with Crippen molar-refractivity contribution in [2.24, 2.45) is 0 Å². The van der Waals surface area contributed by atoms with Gasteiger partial charge in [0.25, 0.3) is 0 Å². The van der Waals surface area contributed by atoms with Crippen LogP contribution in [-0.2, 0) is 4.74 Å². The minimum atomic E-state index is 0.282. The summed E-state index contributed by atoms with van der Waals surface area (Å²) in [4.78, 5) is 0. The molecular weight excluding hydrogens is 190 g/mol. The fourth-order valence-corrected chi connectivity index (χ4v) is 1.27. The molecule has 1 aromatic rings. The highest BCUT2D eigenvalue weighted by molar-refractivity contribution is 5.55. The fraction of sp³-hybridized carbons (Fsp3) is 0.500. The van der Waals surface area contributed by atoms with Crippen molar-refractivity contribution < 1.29 is 9.47 Å². The highest BCUT2D eigenvalue weighted by atomic mass is 16.5. The van der Waals surface area contributed by atoms with Crippen LogP contribution in [0, 0.1) is 0 Å². The number of para-hydroxylation sites is 2. The van der Waals surface area contributed by atoms with Gasteiger partial charge in [0, 0.05) is 6.54 Å². The predicted molar refractivity (Wildman–Crippen MR) is 62.6 cm³/mol. The van der Waals surface area contributed by atoms with Gasteiger partial charge in [-0.15, -0.1) is 0 Å². The lowest BCUT2D eigenvalue weighted by molar-refractivity contribution is 0.0870. The lowest BCUT2D eigenvalue weighted by Crippen LogP contribution is -2.13. The molecule has 0 unspecified atom stereocenters. The summed E-state index contributed by atoms with van der Waals surface area (Å²) in [5, 5.41) is 3.27. The number of anilines is 1. The van der Waals surface area contributed by atoms with Crippen LogP contribution in [-0.4, -0.2) is 26.4 Å². The summed E-state index contributed by atoms with van der Waals surface area (Å²) < 4.78 is 10.7. The summed E-state index contributed by atoms with van der Waals surface area (Å²) in [5.74, 6) is 0.863. The van der Waals surface area contributed by atoms with Gasteiger partial charge in [0.2, 0.25) is 0 Å². The Morgan fingerprint density at radius 1 is 1.27 bits per heavy atom. The van der Waals surface area contributed by atoms with Gasteiger partial charge in [-0.2, -0.15) is 0 Å². The molecule has 0 aliphatic heterocycles. The lowest BCUT2D eigenvalue weighted by Gasteiger charge is -2.12. The van der Waals surface area contributed by atoms with Crippen LogP contribution in [0.25, 0.3) is 0 Å². The molecule has 84 valence electrons. The lowest BCUT2D eigenvalue weighted by atomic mass is 10.3. The Morgan fingerprint density at radius 3 is 2.67 bits per heavy atom. The Kier molecular flexibility index (Phi) is 4.98. The zero-order chi connectivity index (χ0) is 11.1. The molecule has 0 bridgehead atoms. The topological polar surface area (TPSA) is 30.5 Å². The van der Waals surface area contributed by atoms with E-state index < -0.39 is 0 Å². The van der Waals surface area contributed by atoms with E-state index in [9.17, 15) is 0 Å². The van der Waals surface area contributed by atoms with Crippen LogP contribution >= 0.6 is 0 Å². The van der Waals surface area contributed by atoms with Gasteiger partial charge >= 0.3 is 0 Å². The van der Waals surface area contributed by atoms with E-state index in [-0.39, 0.29) is 6.10 Å². The molecule has 3 heteroatoms. The highest BCUT2D eigenvalue weighted by Gasteiger charge is 1.99. The molecule has 15 heavy (non-hydrogen) atoms. The molecule has 0 saturated carbocycles. The minimum absolute atomic E-state index is 0.282. The molecule has 0 aliphatic carbocycles. The van der Waals surface area contributed by atoms with Crippen molar-refractivity contribution in [1.29, 1.82) is 0 Å². The van der Waals surface area contributed by atoms with Gasteiger partial charge in [0.1, 0.15) is 5.75 Å². The first kappa shape index (κ1) is 11.9. The second kappa shape index (κ2) is 6.30. The molecule has 0 amide bonds. The van der Waals surface area contributed by atoms with E-state index >= 15 is 0 Å². The molecule has 0 aromatic heterocycles. The number of ether oxygens (including phenoxy) is 2. The number of rotatable bonds is 6. The standard InChI is InChI=1S/C12H19NO2/c1-10(2)15-9-8-13-11-6-4-5-7-12(11)14-3/h4-7,10,13H,8-9H2,1-3H3. The quantitative estimate of drug-likeness (QED) is 0.730. The van der Waals surface area contributed by atoms with Crippen LogP contribution in [0.2, 0.25) is 0 Å². The molecule has 0 spiro atoms. The van der Waals surface area contributed by atoms with Gasteiger partial charge in [-0.25, -0.2) is 0 Å². The molecule has 0 atom stereocenters. The Hall–Kier alpha value is -1.22. The zero-order valence-corrected chi connectivity index (χ0v) is 9.62. The van der Waals surface area contributed by atoms with E-state index in [2.05, 4.69) is 5.32 Å². The van der Waals surface area contributed by atoms with E-state index in [0.717, 1.165) is 18.0 Å². The monoisotopic (exact) mass is 209 g/mol. The summed E-state index contributed by atoms with van der Waals surface area (Å²) in [5.41, 5.74) is 1.01. The molecule has 1 rings (SSSR count). The van der Waals surface area contributed by atoms with Gasteiger partial charge in [0.15, 0.2) is 0 Å². The summed E-state index contributed by atoms with van der Waals surface area (Å²) in [6, 6.07) is 7.86. The van der Waals surface area contributed by atoms with Crippen molar-refractivity contribution >= 4 is 5.69 Å². The number of hydrogen-bond donors (Lipinski definition) is 1. The number of nitrogens with one attached hydrogen (secondary N) is 1. The first-order valence-electron chi connectivity index (χ1n) is 5.22. The molecule has 1 aromatic carbocycles. The summed E-state index contributed by atoms with van der Waals surface area (Å²) >= 11 is 0. The third-order valence-corrected chi connectivity index (χ3v) is 1.98. The Morgan fingerprint density at radius 2 is 2.00 bits per heavy atom. The second-order valence-electron chi connectivity index (χ2n) is 3.55. The molecule has 0 aliphatic rings. The van der Waals surface area contributed by atoms with Crippen LogP contribution in [0.15, 0.2) is 24.3 Å². The maximum atomic E-state index is 5.43. The van der Waals surface area contributed by atoms with Crippen molar-refractivity contribution in [2.75, 3.05) is 25.6 Å². The average Bonchev–Trinajstić information content (AvgIpc) is 2.24. The third-order valence-electron chi connectivity index (χ3n) is 1.98. The van der Waals surface area contributed by atoms with Gasteiger partial charge in [-0.3, -0.25) is 0 Å². The molecular formula is C12H19NO2. The normalized spacial score (nSPS) is 10.4. The van der Waals surface area contributed by atoms with E-state index in [1.54, 1.807) is 7.11 Å². The van der Waals surface area contributed by atoms with Crippen molar-refractivity contribution in [3.63, 3.8) is 0 Å². The molecule has 0 heterocycles. The molecule has 0 fully saturated rings. The first-order valence-corrected chi connectivity index (χ1v) is 5.22. The molecule has 1 N–H and O–H groups in total. The van der Waals surface area contributed by atoms with Crippen LogP contribution < -0.4 is 10.1 Å². The van der Waals surface area contributed by atoms with Crippen LogP contribution in [0.5, 0.6) is 5.75 Å². The van der Waals surface area contributed by atoms with Gasteiger partial charge in [-0.05, 0) is 26.0 Å². The van der Waals surface area contributed by atoms with Crippen LogP contribution in [0.3, 0.4) is 0 Å². The molecule has 0 saturated heterocycles. The first-order chi connectivity index (χ1) is 7.24. The summed E-state index contributed by atoms with van der Waals surface area (Å²) in [6.07, 6.45) is 0.282. The number of hydrogen-bond acceptors (Lipinski definition) is 3. The van der Waals surface area contributed by atoms with E-state index in [1.165, 1.54) is 0 Å². The Labute approximate surface area is 91.4 Å². The van der Waals surface area contributed by atoms with Crippen LogP contribution in [0.1, 0.15) is 13.8 Å². The van der Waals surface area contributed by atoms with Crippen molar-refractivity contribution in [1.82, 2.24) is 0 Å². The van der Waals surface area contributed by atoms with Crippen molar-refractivity contribution in [3.05, 3.63) is 24.3 Å². The SMILES string of the molecule is COc1ccccc1NCCOC(C)C. The predicted octanol–water partition coefficient (Wildman–Crippen LogP) is 2.53. The zero-order valence-electron chi connectivity index (χ0n) is 9.62. The molecule has 0 radical (unpaired) electrons. The van der Waals surface area contributed by atoms with E-state index in [4.69, 9.17) is 9.47 Å². The Bertz CT molecular complexity index is 287.